The fraction of sp³-hybridized carbons (Fsp3) is 0.429. The third-order valence-corrected chi connectivity index (χ3v) is 4.53. The summed E-state index contributed by atoms with van der Waals surface area (Å²) in [7, 11) is 1.69. The maximum atomic E-state index is 12.8. The van der Waals surface area contributed by atoms with Gasteiger partial charge in [0.15, 0.2) is 5.82 Å². The van der Waals surface area contributed by atoms with Crippen molar-refractivity contribution in [1.82, 2.24) is 24.5 Å². The van der Waals surface area contributed by atoms with Gasteiger partial charge in [0.05, 0.1) is 24.1 Å². The second-order valence-electron chi connectivity index (χ2n) is 7.56. The fourth-order valence-corrected chi connectivity index (χ4v) is 3.11. The number of aryl methyl sites for hydroxylation is 2. The van der Waals surface area contributed by atoms with E-state index in [1.807, 2.05) is 13.8 Å². The van der Waals surface area contributed by atoms with Gasteiger partial charge in [-0.25, -0.2) is 9.67 Å². The van der Waals surface area contributed by atoms with Crippen molar-refractivity contribution in [1.29, 1.82) is 0 Å². The molecule has 0 aliphatic carbocycles. The van der Waals surface area contributed by atoms with Crippen LogP contribution in [0.15, 0.2) is 30.7 Å². The number of ether oxygens (including phenoxy) is 2. The van der Waals surface area contributed by atoms with Gasteiger partial charge >= 0.3 is 12.1 Å². The van der Waals surface area contributed by atoms with E-state index < -0.39 is 17.7 Å². The maximum Gasteiger partial charge on any atom is 0.417 e. The molecule has 3 aromatic heterocycles. The number of rotatable bonds is 8. The van der Waals surface area contributed by atoms with Crippen LogP contribution in [0.25, 0.3) is 5.82 Å². The molecule has 0 aliphatic heterocycles. The predicted octanol–water partition coefficient (Wildman–Crippen LogP) is 4.08. The Labute approximate surface area is 183 Å². The molecule has 8 nitrogen and oxygen atoms in total. The summed E-state index contributed by atoms with van der Waals surface area (Å²) in [5.74, 6) is 0.448. The highest BCUT2D eigenvalue weighted by atomic mass is 19.4. The Morgan fingerprint density at radius 3 is 2.53 bits per heavy atom. The first-order valence-electron chi connectivity index (χ1n) is 10.0. The van der Waals surface area contributed by atoms with Gasteiger partial charge in [-0.2, -0.15) is 18.3 Å². The molecule has 3 heterocycles. The van der Waals surface area contributed by atoms with Crippen LogP contribution in [0, 0.1) is 0 Å². The summed E-state index contributed by atoms with van der Waals surface area (Å²) < 4.78 is 52.0. The number of hydrogen-bond acceptors (Lipinski definition) is 6. The minimum atomic E-state index is -4.44. The zero-order chi connectivity index (χ0) is 23.5. The Morgan fingerprint density at radius 2 is 1.94 bits per heavy atom. The largest absolute Gasteiger partial charge is 0.474 e. The van der Waals surface area contributed by atoms with Crippen molar-refractivity contribution in [3.05, 3.63) is 47.5 Å². The molecule has 0 fully saturated rings. The van der Waals surface area contributed by atoms with E-state index in [4.69, 9.17) is 9.47 Å². The van der Waals surface area contributed by atoms with Crippen LogP contribution in [0.4, 0.5) is 13.2 Å². The number of halogens is 3. The van der Waals surface area contributed by atoms with Crippen molar-refractivity contribution in [2.45, 2.75) is 45.7 Å². The van der Waals surface area contributed by atoms with Crippen LogP contribution in [0.1, 0.15) is 49.9 Å². The number of nitrogens with zero attached hydrogens (tertiary/aromatic N) is 5. The third-order valence-electron chi connectivity index (χ3n) is 4.53. The number of carbonyl (C=O) groups excluding carboxylic acids is 1. The van der Waals surface area contributed by atoms with Crippen LogP contribution >= 0.6 is 0 Å². The van der Waals surface area contributed by atoms with Gasteiger partial charge < -0.3 is 9.47 Å². The zero-order valence-corrected chi connectivity index (χ0v) is 18.2. The van der Waals surface area contributed by atoms with Gasteiger partial charge in [0.1, 0.15) is 0 Å². The van der Waals surface area contributed by atoms with Crippen LogP contribution in [0.5, 0.6) is 11.6 Å². The Balaban J connectivity index is 1.67. The highest BCUT2D eigenvalue weighted by molar-refractivity contribution is 5.69. The first kappa shape index (κ1) is 23.3. The molecule has 0 spiro atoms. The summed E-state index contributed by atoms with van der Waals surface area (Å²) in [6.45, 7) is 5.61. The van der Waals surface area contributed by atoms with E-state index in [2.05, 4.69) is 15.2 Å². The Bertz CT molecular complexity index is 1070. The summed E-state index contributed by atoms with van der Waals surface area (Å²) in [5.41, 5.74) is 0.981. The van der Waals surface area contributed by atoms with E-state index in [0.29, 0.717) is 25.3 Å². The summed E-state index contributed by atoms with van der Waals surface area (Å²) in [6.07, 6.45) is 0.941. The number of pyridine rings is 1. The topological polar surface area (TPSA) is 84.1 Å². The molecule has 0 atom stereocenters. The molecule has 0 unspecified atom stereocenters. The lowest BCUT2D eigenvalue weighted by atomic mass is 10.0. The minimum absolute atomic E-state index is 0.118. The van der Waals surface area contributed by atoms with Crippen molar-refractivity contribution >= 4 is 5.97 Å². The molecule has 0 bridgehead atoms. The van der Waals surface area contributed by atoms with E-state index in [1.54, 1.807) is 19.4 Å². The molecular weight excluding hydrogens is 427 g/mol. The van der Waals surface area contributed by atoms with Crippen LogP contribution in [-0.2, 0) is 24.4 Å². The predicted molar refractivity (Wildman–Crippen MR) is 109 cm³/mol. The normalized spacial score (nSPS) is 11.8. The van der Waals surface area contributed by atoms with Gasteiger partial charge in [-0.1, -0.05) is 13.8 Å². The number of aromatic nitrogens is 5. The quantitative estimate of drug-likeness (QED) is 0.379. The van der Waals surface area contributed by atoms with Crippen molar-refractivity contribution in [2.75, 3.05) is 6.61 Å². The van der Waals surface area contributed by atoms with Gasteiger partial charge in [0.25, 0.3) is 5.88 Å². The molecule has 32 heavy (non-hydrogen) atoms. The smallest absolute Gasteiger partial charge is 0.417 e. The molecule has 0 amide bonds. The molecule has 3 aromatic rings. The Hall–Kier alpha value is -3.37. The molecule has 0 saturated heterocycles. The number of alkyl halides is 3. The van der Waals surface area contributed by atoms with Crippen LogP contribution < -0.4 is 9.47 Å². The molecule has 3 rings (SSSR count). The first-order chi connectivity index (χ1) is 15.0. The average Bonchev–Trinajstić information content (AvgIpc) is 3.27. The van der Waals surface area contributed by atoms with Crippen LogP contribution in [0.2, 0.25) is 0 Å². The molecule has 0 saturated carbocycles. The molecular formula is C21H24F3N5O3. The van der Waals surface area contributed by atoms with Crippen molar-refractivity contribution in [3.8, 4) is 17.4 Å². The lowest BCUT2D eigenvalue weighted by molar-refractivity contribution is -0.138. The minimum Gasteiger partial charge on any atom is -0.474 e. The van der Waals surface area contributed by atoms with Crippen LogP contribution in [-0.4, -0.2) is 37.1 Å². The van der Waals surface area contributed by atoms with E-state index in [-0.39, 0.29) is 17.5 Å². The maximum absolute atomic E-state index is 12.8. The molecule has 0 N–H and O–H groups in total. The van der Waals surface area contributed by atoms with Crippen molar-refractivity contribution in [3.63, 3.8) is 0 Å². The second-order valence-corrected chi connectivity index (χ2v) is 7.56. The standard InChI is InChI=1S/C21H24F3N5O3/c1-13(2)19-15(6-5-9-31-20-17(32-14(3)30)12-28(4)27-20)11-29(26-19)18-8-7-16(10-25-18)21(22,23)24/h7-8,10-13H,5-6,9H2,1-4H3. The van der Waals surface area contributed by atoms with Gasteiger partial charge in [-0.15, -0.1) is 5.10 Å². The zero-order valence-electron chi connectivity index (χ0n) is 18.2. The highest BCUT2D eigenvalue weighted by Crippen LogP contribution is 2.29. The third kappa shape index (κ3) is 5.65. The number of esters is 1. The molecule has 11 heteroatoms. The van der Waals surface area contributed by atoms with Crippen molar-refractivity contribution in [2.24, 2.45) is 7.05 Å². The summed E-state index contributed by atoms with van der Waals surface area (Å²) in [6, 6.07) is 2.28. The highest BCUT2D eigenvalue weighted by Gasteiger charge is 2.30. The van der Waals surface area contributed by atoms with Gasteiger partial charge in [0.2, 0.25) is 5.75 Å². The molecule has 0 radical (unpaired) electrons. The van der Waals surface area contributed by atoms with E-state index in [0.717, 1.165) is 23.5 Å². The molecule has 0 aliphatic rings. The summed E-state index contributed by atoms with van der Waals surface area (Å²) >= 11 is 0. The van der Waals surface area contributed by atoms with E-state index in [9.17, 15) is 18.0 Å². The monoisotopic (exact) mass is 451 g/mol. The average molecular weight is 451 g/mol. The summed E-state index contributed by atoms with van der Waals surface area (Å²) in [4.78, 5) is 15.1. The lowest BCUT2D eigenvalue weighted by Gasteiger charge is -2.07. The molecule has 0 aromatic carbocycles. The van der Waals surface area contributed by atoms with Crippen LogP contribution in [0.3, 0.4) is 0 Å². The van der Waals surface area contributed by atoms with Gasteiger partial charge in [-0.3, -0.25) is 9.48 Å². The Kier molecular flexibility index (Phi) is 6.85. The first-order valence-corrected chi connectivity index (χ1v) is 10.0. The van der Waals surface area contributed by atoms with E-state index >= 15 is 0 Å². The summed E-state index contributed by atoms with van der Waals surface area (Å²) in [5, 5.41) is 8.65. The van der Waals surface area contributed by atoms with Crippen molar-refractivity contribution < 1.29 is 27.4 Å². The second kappa shape index (κ2) is 9.41. The number of hydrogen-bond donors (Lipinski definition) is 0. The van der Waals surface area contributed by atoms with Gasteiger partial charge in [0, 0.05) is 26.4 Å². The fourth-order valence-electron chi connectivity index (χ4n) is 3.11. The SMILES string of the molecule is CC(=O)Oc1cn(C)nc1OCCCc1cn(-c2ccc(C(F)(F)F)cn2)nc1C(C)C. The lowest BCUT2D eigenvalue weighted by Crippen LogP contribution is -2.07. The molecule has 172 valence electrons. The Morgan fingerprint density at radius 1 is 1.19 bits per heavy atom. The van der Waals surface area contributed by atoms with E-state index in [1.165, 1.54) is 22.4 Å². The van der Waals surface area contributed by atoms with Gasteiger partial charge in [-0.05, 0) is 36.5 Å². The number of carbonyl (C=O) groups is 1.